The number of nitrogens with zero attached hydrogens (tertiary/aromatic N) is 2. The molecule has 2 rings (SSSR count). The number of nitrogens with one attached hydrogen (secondary N) is 1. The molecular formula is C16H19N3O. The first-order valence-corrected chi connectivity index (χ1v) is 6.63. The molecule has 0 saturated carbocycles. The lowest BCUT2D eigenvalue weighted by atomic mass is 10.1. The predicted molar refractivity (Wildman–Crippen MR) is 80.7 cm³/mol. The van der Waals surface area contributed by atoms with Gasteiger partial charge in [0.25, 0.3) is 0 Å². The van der Waals surface area contributed by atoms with Crippen molar-refractivity contribution in [3.05, 3.63) is 60.7 Å². The zero-order valence-electron chi connectivity index (χ0n) is 11.8. The van der Waals surface area contributed by atoms with Crippen LogP contribution in [0.25, 0.3) is 0 Å². The molecule has 0 radical (unpaired) electrons. The van der Waals surface area contributed by atoms with Crippen LogP contribution in [0.15, 0.2) is 49.3 Å². The molecule has 0 aliphatic heterocycles. The average molecular weight is 269 g/mol. The van der Waals surface area contributed by atoms with Gasteiger partial charge in [-0.15, -0.1) is 0 Å². The Morgan fingerprint density at radius 1 is 1.50 bits per heavy atom. The maximum Gasteiger partial charge on any atom is 0.247 e. The topological polar surface area (TPSA) is 46.9 Å². The molecule has 4 heteroatoms. The Labute approximate surface area is 119 Å². The van der Waals surface area contributed by atoms with Crippen molar-refractivity contribution in [3.8, 4) is 0 Å². The Morgan fingerprint density at radius 3 is 3.00 bits per heavy atom. The van der Waals surface area contributed by atoms with Gasteiger partial charge in [-0.25, -0.2) is 4.98 Å². The molecule has 104 valence electrons. The van der Waals surface area contributed by atoms with Crippen LogP contribution in [0, 0.1) is 0 Å². The number of hydrogen-bond acceptors (Lipinski definition) is 2. The van der Waals surface area contributed by atoms with E-state index < -0.39 is 0 Å². The third-order valence-corrected chi connectivity index (χ3v) is 3.00. The summed E-state index contributed by atoms with van der Waals surface area (Å²) < 4.78 is 2.12. The quantitative estimate of drug-likeness (QED) is 0.847. The SMILES string of the molecule is C=CC(=O)Nc1cccc(Cn2ccnc2C(C)C)c1. The Hall–Kier alpha value is -2.36. The van der Waals surface area contributed by atoms with E-state index in [1.54, 1.807) is 0 Å². The molecule has 4 nitrogen and oxygen atoms in total. The maximum absolute atomic E-state index is 11.3. The fourth-order valence-electron chi connectivity index (χ4n) is 2.09. The second kappa shape index (κ2) is 6.19. The molecule has 1 amide bonds. The summed E-state index contributed by atoms with van der Waals surface area (Å²) in [5.74, 6) is 1.24. The van der Waals surface area contributed by atoms with Crippen molar-refractivity contribution in [2.24, 2.45) is 0 Å². The van der Waals surface area contributed by atoms with Gasteiger partial charge in [0.2, 0.25) is 5.91 Å². The summed E-state index contributed by atoms with van der Waals surface area (Å²) in [6.45, 7) is 8.44. The van der Waals surface area contributed by atoms with E-state index in [1.165, 1.54) is 6.08 Å². The second-order valence-corrected chi connectivity index (χ2v) is 4.96. The van der Waals surface area contributed by atoms with Gasteiger partial charge in [-0.1, -0.05) is 32.6 Å². The van der Waals surface area contributed by atoms with Gasteiger partial charge < -0.3 is 9.88 Å². The van der Waals surface area contributed by atoms with E-state index >= 15 is 0 Å². The number of imidazole rings is 1. The summed E-state index contributed by atoms with van der Waals surface area (Å²) in [6, 6.07) is 7.79. The highest BCUT2D eigenvalue weighted by atomic mass is 16.1. The molecule has 0 bridgehead atoms. The van der Waals surface area contributed by atoms with Crippen LogP contribution < -0.4 is 5.32 Å². The fourth-order valence-corrected chi connectivity index (χ4v) is 2.09. The fraction of sp³-hybridized carbons (Fsp3) is 0.250. The van der Waals surface area contributed by atoms with E-state index in [2.05, 4.69) is 35.3 Å². The molecule has 0 atom stereocenters. The van der Waals surface area contributed by atoms with E-state index in [0.717, 1.165) is 23.6 Å². The minimum absolute atomic E-state index is 0.201. The van der Waals surface area contributed by atoms with Crippen molar-refractivity contribution in [2.75, 3.05) is 5.32 Å². The summed E-state index contributed by atoms with van der Waals surface area (Å²) in [5.41, 5.74) is 1.89. The van der Waals surface area contributed by atoms with Crippen LogP contribution in [-0.2, 0) is 11.3 Å². The molecule has 0 saturated heterocycles. The van der Waals surface area contributed by atoms with Crippen LogP contribution in [0.3, 0.4) is 0 Å². The molecule has 0 fully saturated rings. The van der Waals surface area contributed by atoms with Gasteiger partial charge in [-0.3, -0.25) is 4.79 Å². The summed E-state index contributed by atoms with van der Waals surface area (Å²) in [6.07, 6.45) is 5.06. The lowest BCUT2D eigenvalue weighted by molar-refractivity contribution is -0.111. The van der Waals surface area contributed by atoms with Crippen molar-refractivity contribution in [2.45, 2.75) is 26.3 Å². The number of aromatic nitrogens is 2. The van der Waals surface area contributed by atoms with Crippen molar-refractivity contribution in [1.82, 2.24) is 9.55 Å². The van der Waals surface area contributed by atoms with Gasteiger partial charge in [-0.2, -0.15) is 0 Å². The Morgan fingerprint density at radius 2 is 2.30 bits per heavy atom. The average Bonchev–Trinajstić information content (AvgIpc) is 2.87. The Kier molecular flexibility index (Phi) is 4.35. The summed E-state index contributed by atoms with van der Waals surface area (Å²) in [5, 5.41) is 2.77. The van der Waals surface area contributed by atoms with E-state index in [0.29, 0.717) is 5.92 Å². The zero-order chi connectivity index (χ0) is 14.5. The summed E-state index contributed by atoms with van der Waals surface area (Å²) in [7, 11) is 0. The number of rotatable bonds is 5. The smallest absolute Gasteiger partial charge is 0.247 e. The lowest BCUT2D eigenvalue weighted by Gasteiger charge is -2.11. The number of benzene rings is 1. The Balaban J connectivity index is 2.17. The van der Waals surface area contributed by atoms with Crippen LogP contribution in [-0.4, -0.2) is 15.5 Å². The molecule has 1 aromatic carbocycles. The first-order chi connectivity index (χ1) is 9.60. The van der Waals surface area contributed by atoms with Crippen LogP contribution in [0.5, 0.6) is 0 Å². The molecule has 0 aliphatic carbocycles. The maximum atomic E-state index is 11.3. The highest BCUT2D eigenvalue weighted by Gasteiger charge is 2.07. The van der Waals surface area contributed by atoms with Crippen LogP contribution in [0.4, 0.5) is 5.69 Å². The lowest BCUT2D eigenvalue weighted by Crippen LogP contribution is -2.09. The van der Waals surface area contributed by atoms with Gasteiger partial charge in [0.05, 0.1) is 0 Å². The van der Waals surface area contributed by atoms with Gasteiger partial charge in [0.1, 0.15) is 5.82 Å². The number of carbonyl (C=O) groups is 1. The number of anilines is 1. The highest BCUT2D eigenvalue weighted by molar-refractivity contribution is 5.98. The summed E-state index contributed by atoms with van der Waals surface area (Å²) >= 11 is 0. The van der Waals surface area contributed by atoms with E-state index in [4.69, 9.17) is 0 Å². The number of hydrogen-bond donors (Lipinski definition) is 1. The van der Waals surface area contributed by atoms with Gasteiger partial charge in [0.15, 0.2) is 0 Å². The summed E-state index contributed by atoms with van der Waals surface area (Å²) in [4.78, 5) is 15.7. The molecule has 20 heavy (non-hydrogen) atoms. The minimum Gasteiger partial charge on any atom is -0.330 e. The molecule has 0 spiro atoms. The standard InChI is InChI=1S/C16H19N3O/c1-4-15(20)18-14-7-5-6-13(10-14)11-19-9-8-17-16(19)12(2)3/h4-10,12H,1,11H2,2-3H3,(H,18,20). The molecule has 1 N–H and O–H groups in total. The monoisotopic (exact) mass is 269 g/mol. The van der Waals surface area contributed by atoms with E-state index in [9.17, 15) is 4.79 Å². The molecular weight excluding hydrogens is 250 g/mol. The molecule has 1 aromatic heterocycles. The van der Waals surface area contributed by atoms with E-state index in [-0.39, 0.29) is 5.91 Å². The minimum atomic E-state index is -0.201. The molecule has 1 heterocycles. The number of carbonyl (C=O) groups excluding carboxylic acids is 1. The van der Waals surface area contributed by atoms with Gasteiger partial charge >= 0.3 is 0 Å². The first kappa shape index (κ1) is 14.1. The molecule has 0 aliphatic rings. The van der Waals surface area contributed by atoms with E-state index in [1.807, 2.05) is 36.7 Å². The number of amides is 1. The van der Waals surface area contributed by atoms with Gasteiger partial charge in [-0.05, 0) is 23.8 Å². The van der Waals surface area contributed by atoms with Crippen LogP contribution in [0.2, 0.25) is 0 Å². The Bertz CT molecular complexity index is 614. The second-order valence-electron chi connectivity index (χ2n) is 4.96. The van der Waals surface area contributed by atoms with Crippen LogP contribution >= 0.6 is 0 Å². The first-order valence-electron chi connectivity index (χ1n) is 6.63. The van der Waals surface area contributed by atoms with Crippen molar-refractivity contribution < 1.29 is 4.79 Å². The van der Waals surface area contributed by atoms with Crippen LogP contribution in [0.1, 0.15) is 31.2 Å². The molecule has 2 aromatic rings. The largest absolute Gasteiger partial charge is 0.330 e. The predicted octanol–water partition coefficient (Wildman–Crippen LogP) is 3.18. The van der Waals surface area contributed by atoms with Crippen molar-refractivity contribution >= 4 is 11.6 Å². The van der Waals surface area contributed by atoms with Crippen molar-refractivity contribution in [1.29, 1.82) is 0 Å². The third-order valence-electron chi connectivity index (χ3n) is 3.00. The molecule has 0 unspecified atom stereocenters. The third kappa shape index (κ3) is 3.35. The van der Waals surface area contributed by atoms with Gasteiger partial charge in [0, 0.05) is 30.5 Å². The zero-order valence-corrected chi connectivity index (χ0v) is 11.8. The highest BCUT2D eigenvalue weighted by Crippen LogP contribution is 2.16. The van der Waals surface area contributed by atoms with Crippen molar-refractivity contribution in [3.63, 3.8) is 0 Å². The normalized spacial score (nSPS) is 10.6.